The number of halogens is 1. The van der Waals surface area contributed by atoms with Crippen LogP contribution in [0.4, 0.5) is 0 Å². The Hall–Kier alpha value is -1.87. The van der Waals surface area contributed by atoms with Gasteiger partial charge in [0.1, 0.15) is 5.82 Å². The van der Waals surface area contributed by atoms with Gasteiger partial charge in [0.2, 0.25) is 0 Å². The first-order chi connectivity index (χ1) is 9.24. The van der Waals surface area contributed by atoms with Crippen LogP contribution in [0.25, 0.3) is 5.69 Å². The molecule has 0 aliphatic rings. The third-order valence-corrected chi connectivity index (χ3v) is 3.33. The van der Waals surface area contributed by atoms with E-state index in [4.69, 9.17) is 12.2 Å². The fraction of sp³-hybridized carbons (Fsp3) is 0.100. The lowest BCUT2D eigenvalue weighted by Crippen LogP contribution is -2.03. The highest BCUT2D eigenvalue weighted by Gasteiger charge is 2.11. The molecule has 7 nitrogen and oxygen atoms in total. The molecule has 0 atom stereocenters. The molecule has 96 valence electrons. The summed E-state index contributed by atoms with van der Waals surface area (Å²) < 4.78 is 3.38. The van der Waals surface area contributed by atoms with Gasteiger partial charge in [-0.1, -0.05) is 21.1 Å². The lowest BCUT2D eigenvalue weighted by atomic mass is 10.3. The van der Waals surface area contributed by atoms with Gasteiger partial charge in [-0.3, -0.25) is 9.67 Å². The van der Waals surface area contributed by atoms with Gasteiger partial charge >= 0.3 is 0 Å². The van der Waals surface area contributed by atoms with Crippen molar-refractivity contribution in [1.29, 1.82) is 0 Å². The maximum atomic E-state index is 5.25. The van der Waals surface area contributed by atoms with E-state index in [-0.39, 0.29) is 0 Å². The first kappa shape index (κ1) is 12.2. The summed E-state index contributed by atoms with van der Waals surface area (Å²) in [5.74, 6) is 1.29. The van der Waals surface area contributed by atoms with Gasteiger partial charge in [-0.25, -0.2) is 0 Å². The zero-order chi connectivity index (χ0) is 13.2. The molecule has 9 heteroatoms. The molecule has 0 unspecified atom stereocenters. The molecule has 0 fully saturated rings. The average molecular weight is 338 g/mol. The Morgan fingerprint density at radius 2 is 2.00 bits per heavy atom. The Kier molecular flexibility index (Phi) is 3.22. The number of nitrogens with zero attached hydrogens (tertiary/aromatic N) is 5. The highest BCUT2D eigenvalue weighted by atomic mass is 79.9. The van der Waals surface area contributed by atoms with Crippen molar-refractivity contribution in [2.24, 2.45) is 0 Å². The highest BCUT2D eigenvalue weighted by Crippen LogP contribution is 2.16. The summed E-state index contributed by atoms with van der Waals surface area (Å²) in [6.45, 7) is 0. The van der Waals surface area contributed by atoms with Gasteiger partial charge in [0, 0.05) is 10.2 Å². The Morgan fingerprint density at radius 1 is 1.21 bits per heavy atom. The lowest BCUT2D eigenvalue weighted by Gasteiger charge is -2.05. The van der Waals surface area contributed by atoms with Crippen molar-refractivity contribution in [2.75, 3.05) is 0 Å². The second kappa shape index (κ2) is 5.02. The maximum absolute atomic E-state index is 5.25. The molecule has 2 heterocycles. The van der Waals surface area contributed by atoms with Crippen LogP contribution in [-0.2, 0) is 6.42 Å². The predicted molar refractivity (Wildman–Crippen MR) is 73.4 cm³/mol. The molecule has 2 aromatic heterocycles. The molecule has 2 N–H and O–H groups in total. The predicted octanol–water partition coefficient (Wildman–Crippen LogP) is 1.80. The minimum Gasteiger partial charge on any atom is -0.272 e. The maximum Gasteiger partial charge on any atom is 0.199 e. The number of rotatable bonds is 3. The van der Waals surface area contributed by atoms with Gasteiger partial charge in [0.25, 0.3) is 0 Å². The fourth-order valence-electron chi connectivity index (χ4n) is 1.70. The van der Waals surface area contributed by atoms with Crippen LogP contribution >= 0.6 is 28.1 Å². The number of aromatic nitrogens is 7. The third kappa shape index (κ3) is 2.47. The summed E-state index contributed by atoms with van der Waals surface area (Å²) in [5.41, 5.74) is 0.931. The van der Waals surface area contributed by atoms with Gasteiger partial charge < -0.3 is 0 Å². The molecule has 0 amide bonds. The van der Waals surface area contributed by atoms with Crippen LogP contribution in [0.5, 0.6) is 0 Å². The molecular weight excluding hydrogens is 330 g/mol. The van der Waals surface area contributed by atoms with Crippen LogP contribution in [0.3, 0.4) is 0 Å². The number of hydrogen-bond donors (Lipinski definition) is 2. The Labute approximate surface area is 121 Å². The van der Waals surface area contributed by atoms with Crippen molar-refractivity contribution in [3.05, 3.63) is 45.2 Å². The van der Waals surface area contributed by atoms with E-state index in [0.717, 1.165) is 16.0 Å². The largest absolute Gasteiger partial charge is 0.272 e. The van der Waals surface area contributed by atoms with E-state index >= 15 is 0 Å². The second-order valence-corrected chi connectivity index (χ2v) is 5.06. The summed E-state index contributed by atoms with van der Waals surface area (Å²) in [4.78, 5) is 0. The van der Waals surface area contributed by atoms with Crippen molar-refractivity contribution in [1.82, 2.24) is 35.4 Å². The molecule has 19 heavy (non-hydrogen) atoms. The minimum absolute atomic E-state index is 0.444. The number of tetrazole rings is 1. The highest BCUT2D eigenvalue weighted by molar-refractivity contribution is 9.10. The van der Waals surface area contributed by atoms with E-state index < -0.39 is 0 Å². The molecule has 0 saturated carbocycles. The topological polar surface area (TPSA) is 88.1 Å². The number of H-pyrrole nitrogens is 2. The van der Waals surface area contributed by atoms with Crippen molar-refractivity contribution in [3.8, 4) is 5.69 Å². The Balaban J connectivity index is 2.03. The normalized spacial score (nSPS) is 10.8. The molecule has 0 saturated heterocycles. The van der Waals surface area contributed by atoms with Crippen molar-refractivity contribution >= 4 is 28.1 Å². The van der Waals surface area contributed by atoms with Crippen molar-refractivity contribution in [3.63, 3.8) is 0 Å². The fourth-order valence-corrected chi connectivity index (χ4v) is 2.22. The Morgan fingerprint density at radius 3 is 2.68 bits per heavy atom. The van der Waals surface area contributed by atoms with Crippen LogP contribution < -0.4 is 0 Å². The molecule has 3 aromatic rings. The van der Waals surface area contributed by atoms with Crippen LogP contribution in [0.15, 0.2) is 28.7 Å². The van der Waals surface area contributed by atoms with E-state index in [9.17, 15) is 0 Å². The van der Waals surface area contributed by atoms with Gasteiger partial charge in [0.05, 0.1) is 6.42 Å². The van der Waals surface area contributed by atoms with Crippen molar-refractivity contribution < 1.29 is 0 Å². The standard InChI is InChI=1S/C10H8BrN7S/c11-6-1-3-7(4-2-6)18-9(14-15-10(18)19)5-8-12-16-17-13-8/h1-4H,5H2,(H,15,19)(H,12,13,16,17). The van der Waals surface area contributed by atoms with Crippen LogP contribution in [-0.4, -0.2) is 35.4 Å². The van der Waals surface area contributed by atoms with E-state index in [1.54, 1.807) is 0 Å². The SMILES string of the molecule is S=c1[nH]nc(Cc2nn[nH]n2)n1-c1ccc(Br)cc1. The summed E-state index contributed by atoms with van der Waals surface area (Å²) in [5, 5.41) is 20.7. The van der Waals surface area contributed by atoms with Crippen molar-refractivity contribution in [2.45, 2.75) is 6.42 Å². The van der Waals surface area contributed by atoms with Crippen LogP contribution in [0.1, 0.15) is 11.6 Å². The molecule has 0 aliphatic carbocycles. The molecule has 3 rings (SSSR count). The third-order valence-electron chi connectivity index (χ3n) is 2.53. The zero-order valence-electron chi connectivity index (χ0n) is 9.54. The molecule has 0 aliphatic heterocycles. The summed E-state index contributed by atoms with van der Waals surface area (Å²) in [6.07, 6.45) is 0.444. The Bertz CT molecular complexity index is 728. The number of aromatic amines is 2. The summed E-state index contributed by atoms with van der Waals surface area (Å²) in [6, 6.07) is 7.80. The first-order valence-electron chi connectivity index (χ1n) is 5.38. The summed E-state index contributed by atoms with van der Waals surface area (Å²) in [7, 11) is 0. The van der Waals surface area contributed by atoms with E-state index in [0.29, 0.717) is 17.0 Å². The van der Waals surface area contributed by atoms with Gasteiger partial charge in [-0.15, -0.1) is 10.2 Å². The quantitative estimate of drug-likeness (QED) is 0.711. The van der Waals surface area contributed by atoms with E-state index in [1.807, 2.05) is 28.8 Å². The first-order valence-corrected chi connectivity index (χ1v) is 6.59. The number of benzene rings is 1. The van der Waals surface area contributed by atoms with Gasteiger partial charge in [0.15, 0.2) is 10.6 Å². The van der Waals surface area contributed by atoms with E-state index in [1.165, 1.54) is 0 Å². The molecule has 0 spiro atoms. The number of nitrogens with one attached hydrogen (secondary N) is 2. The van der Waals surface area contributed by atoms with Crippen LogP contribution in [0.2, 0.25) is 0 Å². The average Bonchev–Trinajstić information content (AvgIpc) is 3.02. The van der Waals surface area contributed by atoms with Gasteiger partial charge in [-0.2, -0.15) is 10.3 Å². The van der Waals surface area contributed by atoms with E-state index in [2.05, 4.69) is 46.8 Å². The summed E-state index contributed by atoms with van der Waals surface area (Å²) >= 11 is 8.66. The van der Waals surface area contributed by atoms with Gasteiger partial charge in [-0.05, 0) is 36.5 Å². The molecule has 1 aromatic carbocycles. The van der Waals surface area contributed by atoms with Crippen LogP contribution in [0, 0.1) is 4.77 Å². The smallest absolute Gasteiger partial charge is 0.199 e. The molecular formula is C10H8BrN7S. The zero-order valence-corrected chi connectivity index (χ0v) is 11.9. The molecule has 0 radical (unpaired) electrons. The molecule has 0 bridgehead atoms. The monoisotopic (exact) mass is 337 g/mol. The lowest BCUT2D eigenvalue weighted by molar-refractivity contribution is 0.853. The minimum atomic E-state index is 0.444. The number of hydrogen-bond acceptors (Lipinski definition) is 5. The second-order valence-electron chi connectivity index (χ2n) is 3.76.